The molecule has 0 bridgehead atoms. The molecule has 1 unspecified atom stereocenters. The molecule has 0 saturated carbocycles. The van der Waals surface area contributed by atoms with Crippen molar-refractivity contribution >= 4 is 9.84 Å². The minimum absolute atomic E-state index is 0.0193. The van der Waals surface area contributed by atoms with E-state index in [-0.39, 0.29) is 18.1 Å². The molecule has 8 heteroatoms. The van der Waals surface area contributed by atoms with Crippen LogP contribution >= 0.6 is 0 Å². The first-order valence-corrected chi connectivity index (χ1v) is 8.11. The molecule has 0 saturated heterocycles. The molecule has 2 heterocycles. The highest BCUT2D eigenvalue weighted by Gasteiger charge is 2.18. The van der Waals surface area contributed by atoms with Crippen LogP contribution in [0, 0.1) is 6.92 Å². The normalized spacial score (nSPS) is 13.3. The summed E-state index contributed by atoms with van der Waals surface area (Å²) in [6.45, 7) is 1.93. The van der Waals surface area contributed by atoms with Crippen molar-refractivity contribution in [3.05, 3.63) is 29.8 Å². The van der Waals surface area contributed by atoms with Gasteiger partial charge < -0.3 is 10.3 Å². The van der Waals surface area contributed by atoms with Crippen molar-refractivity contribution in [3.8, 4) is 11.5 Å². The quantitative estimate of drug-likeness (QED) is 0.871. The fourth-order valence-electron chi connectivity index (χ4n) is 1.61. The van der Waals surface area contributed by atoms with Gasteiger partial charge in [0.15, 0.2) is 0 Å². The Bertz CT molecular complexity index is 696. The Morgan fingerprint density at radius 2 is 2.20 bits per heavy atom. The predicted molar refractivity (Wildman–Crippen MR) is 73.5 cm³/mol. The smallest absolute Gasteiger partial charge is 0.243 e. The summed E-state index contributed by atoms with van der Waals surface area (Å²) in [5.41, 5.74) is 7.47. The Labute approximate surface area is 117 Å². The molecular weight excluding hydrogens is 280 g/mol. The Balaban J connectivity index is 2.12. The summed E-state index contributed by atoms with van der Waals surface area (Å²) >= 11 is 0. The van der Waals surface area contributed by atoms with Crippen LogP contribution in [0.3, 0.4) is 0 Å². The molecule has 108 valence electrons. The minimum atomic E-state index is -3.06. The number of nitrogens with two attached hydrogens (primary N) is 1. The molecule has 0 radical (unpaired) electrons. The number of pyridine rings is 1. The molecule has 0 aromatic carbocycles. The number of aromatic nitrogens is 3. The molecule has 0 aliphatic carbocycles. The van der Waals surface area contributed by atoms with Gasteiger partial charge in [0.1, 0.15) is 15.5 Å². The third-order valence-corrected chi connectivity index (χ3v) is 3.68. The molecule has 7 nitrogen and oxygen atoms in total. The topological polar surface area (TPSA) is 112 Å². The molecule has 0 spiro atoms. The largest absolute Gasteiger partial charge is 0.337 e. The summed E-state index contributed by atoms with van der Waals surface area (Å²) in [7, 11) is -3.06. The fourth-order valence-corrected chi connectivity index (χ4v) is 2.29. The van der Waals surface area contributed by atoms with E-state index >= 15 is 0 Å². The summed E-state index contributed by atoms with van der Waals surface area (Å²) in [5, 5.41) is 3.81. The molecule has 20 heavy (non-hydrogen) atoms. The van der Waals surface area contributed by atoms with E-state index < -0.39 is 15.9 Å². The zero-order chi connectivity index (χ0) is 14.8. The Morgan fingerprint density at radius 3 is 2.85 bits per heavy atom. The average Bonchev–Trinajstić information content (AvgIpc) is 2.84. The number of aryl methyl sites for hydroxylation is 1. The standard InChI is InChI=1S/C12H16N4O3S/c1-8-3-5-14-10(7-8)11-15-12(19-16-11)9(13)4-6-20(2,17)18/h3,5,7,9H,4,6,13H2,1-2H3. The lowest BCUT2D eigenvalue weighted by atomic mass is 10.2. The van der Waals surface area contributed by atoms with Crippen molar-refractivity contribution in [1.82, 2.24) is 15.1 Å². The number of sulfone groups is 1. The van der Waals surface area contributed by atoms with Gasteiger partial charge in [-0.15, -0.1) is 0 Å². The monoisotopic (exact) mass is 296 g/mol. The lowest BCUT2D eigenvalue weighted by Crippen LogP contribution is -2.16. The number of nitrogens with zero attached hydrogens (tertiary/aromatic N) is 3. The summed E-state index contributed by atoms with van der Waals surface area (Å²) in [5.74, 6) is 0.541. The second-order valence-electron chi connectivity index (χ2n) is 4.70. The first-order valence-electron chi connectivity index (χ1n) is 6.05. The van der Waals surface area contributed by atoms with Crippen LogP contribution < -0.4 is 5.73 Å². The molecule has 2 aromatic heterocycles. The Hall–Kier alpha value is -1.80. The second-order valence-corrected chi connectivity index (χ2v) is 6.96. The third-order valence-electron chi connectivity index (χ3n) is 2.70. The molecule has 0 aliphatic rings. The van der Waals surface area contributed by atoms with E-state index in [1.807, 2.05) is 19.1 Å². The van der Waals surface area contributed by atoms with Crippen molar-refractivity contribution in [2.45, 2.75) is 19.4 Å². The molecule has 2 N–H and O–H groups in total. The molecule has 0 aliphatic heterocycles. The van der Waals surface area contributed by atoms with E-state index in [4.69, 9.17) is 10.3 Å². The van der Waals surface area contributed by atoms with Crippen LogP contribution in [0.15, 0.2) is 22.9 Å². The first kappa shape index (κ1) is 14.6. The number of hydrogen-bond acceptors (Lipinski definition) is 7. The van der Waals surface area contributed by atoms with Gasteiger partial charge in [-0.25, -0.2) is 8.42 Å². The van der Waals surface area contributed by atoms with E-state index in [9.17, 15) is 8.42 Å². The van der Waals surface area contributed by atoms with Gasteiger partial charge in [0.2, 0.25) is 11.7 Å². The number of hydrogen-bond donors (Lipinski definition) is 1. The highest BCUT2D eigenvalue weighted by Crippen LogP contribution is 2.18. The van der Waals surface area contributed by atoms with E-state index in [0.29, 0.717) is 11.5 Å². The lowest BCUT2D eigenvalue weighted by Gasteiger charge is -2.04. The van der Waals surface area contributed by atoms with Gasteiger partial charge in [-0.1, -0.05) is 5.16 Å². The lowest BCUT2D eigenvalue weighted by molar-refractivity contribution is 0.352. The Morgan fingerprint density at radius 1 is 1.45 bits per heavy atom. The van der Waals surface area contributed by atoms with Crippen LogP contribution in [0.5, 0.6) is 0 Å². The van der Waals surface area contributed by atoms with E-state index in [2.05, 4.69) is 15.1 Å². The van der Waals surface area contributed by atoms with Crippen molar-refractivity contribution in [3.63, 3.8) is 0 Å². The summed E-state index contributed by atoms with van der Waals surface area (Å²) < 4.78 is 27.3. The first-order chi connectivity index (χ1) is 9.35. The van der Waals surface area contributed by atoms with Crippen LogP contribution in [0.2, 0.25) is 0 Å². The molecule has 0 amide bonds. The van der Waals surface area contributed by atoms with Gasteiger partial charge in [-0.2, -0.15) is 4.98 Å². The van der Waals surface area contributed by atoms with Crippen LogP contribution in [0.25, 0.3) is 11.5 Å². The summed E-state index contributed by atoms with van der Waals surface area (Å²) in [6.07, 6.45) is 3.06. The van der Waals surface area contributed by atoms with Crippen LogP contribution in [-0.2, 0) is 9.84 Å². The third kappa shape index (κ3) is 3.84. The molecule has 1 atom stereocenters. The van der Waals surface area contributed by atoms with Crippen molar-refractivity contribution in [2.24, 2.45) is 5.73 Å². The maximum Gasteiger partial charge on any atom is 0.243 e. The van der Waals surface area contributed by atoms with E-state index in [1.54, 1.807) is 6.20 Å². The molecule has 2 rings (SSSR count). The predicted octanol–water partition coefficient (Wildman–Crippen LogP) is 0.875. The minimum Gasteiger partial charge on any atom is -0.337 e. The number of rotatable bonds is 5. The highest BCUT2D eigenvalue weighted by molar-refractivity contribution is 7.90. The van der Waals surface area contributed by atoms with Crippen molar-refractivity contribution < 1.29 is 12.9 Å². The molecule has 2 aromatic rings. The van der Waals surface area contributed by atoms with Crippen LogP contribution in [-0.4, -0.2) is 35.6 Å². The summed E-state index contributed by atoms with van der Waals surface area (Å²) in [6, 6.07) is 3.09. The van der Waals surface area contributed by atoms with Crippen molar-refractivity contribution in [1.29, 1.82) is 0 Å². The zero-order valence-electron chi connectivity index (χ0n) is 11.3. The van der Waals surface area contributed by atoms with Gasteiger partial charge in [-0.05, 0) is 31.0 Å². The van der Waals surface area contributed by atoms with Gasteiger partial charge in [0, 0.05) is 12.5 Å². The van der Waals surface area contributed by atoms with Gasteiger partial charge in [0.05, 0.1) is 11.8 Å². The van der Waals surface area contributed by atoms with Gasteiger partial charge >= 0.3 is 0 Å². The summed E-state index contributed by atoms with van der Waals surface area (Å²) in [4.78, 5) is 8.31. The average molecular weight is 296 g/mol. The van der Waals surface area contributed by atoms with Crippen LogP contribution in [0.4, 0.5) is 0 Å². The maximum atomic E-state index is 11.1. The van der Waals surface area contributed by atoms with Gasteiger partial charge in [0.25, 0.3) is 0 Å². The Kier molecular flexibility index (Phi) is 4.15. The molecule has 0 fully saturated rings. The highest BCUT2D eigenvalue weighted by atomic mass is 32.2. The second kappa shape index (κ2) is 5.68. The SMILES string of the molecule is Cc1ccnc(-c2noc(C(N)CCS(C)(=O)=O)n2)c1. The van der Waals surface area contributed by atoms with E-state index in [0.717, 1.165) is 11.8 Å². The van der Waals surface area contributed by atoms with Crippen molar-refractivity contribution in [2.75, 3.05) is 12.0 Å². The fraction of sp³-hybridized carbons (Fsp3) is 0.417. The molecular formula is C12H16N4O3S. The maximum absolute atomic E-state index is 11.1. The van der Waals surface area contributed by atoms with Gasteiger partial charge in [-0.3, -0.25) is 4.98 Å². The zero-order valence-corrected chi connectivity index (χ0v) is 12.1. The van der Waals surface area contributed by atoms with E-state index in [1.165, 1.54) is 0 Å². The van der Waals surface area contributed by atoms with Crippen LogP contribution in [0.1, 0.15) is 23.9 Å².